The van der Waals surface area contributed by atoms with Crippen molar-refractivity contribution in [1.82, 2.24) is 24.9 Å². The second-order valence-corrected chi connectivity index (χ2v) is 28.3. The fraction of sp³-hybridized carbons (Fsp3) is 0.603. The Balaban J connectivity index is 0.000000224. The zero-order valence-corrected chi connectivity index (χ0v) is 51.5. The first-order valence-corrected chi connectivity index (χ1v) is 30.9. The largest absolute Gasteiger partial charge is 0.445 e. The first-order valence-electron chi connectivity index (χ1n) is 29.3. The van der Waals surface area contributed by atoms with E-state index in [0.29, 0.717) is 55.2 Å². The molecule has 6 amide bonds. The third kappa shape index (κ3) is 14.2. The predicted molar refractivity (Wildman–Crippen MR) is 317 cm³/mol. The number of amides is 6. The first kappa shape index (κ1) is 61.3. The van der Waals surface area contributed by atoms with Crippen molar-refractivity contribution in [3.8, 4) is 0 Å². The summed E-state index contributed by atoms with van der Waals surface area (Å²) in [6, 6.07) is 17.0. The number of thioether (sulfide) groups is 2. The van der Waals surface area contributed by atoms with Gasteiger partial charge in [-0.1, -0.05) is 30.3 Å². The minimum atomic E-state index is -0.602. The molecule has 4 fully saturated rings. The van der Waals surface area contributed by atoms with Crippen LogP contribution in [0.15, 0.2) is 64.4 Å². The summed E-state index contributed by atoms with van der Waals surface area (Å²) in [4.78, 5) is 104. The maximum Gasteiger partial charge on any atom is 0.410 e. The quantitative estimate of drug-likeness (QED) is 0.180. The van der Waals surface area contributed by atoms with Crippen molar-refractivity contribution in [1.29, 1.82) is 0 Å². The van der Waals surface area contributed by atoms with Gasteiger partial charge in [0.25, 0.3) is 11.8 Å². The van der Waals surface area contributed by atoms with Gasteiger partial charge in [0.2, 0.25) is 5.91 Å². The molecule has 1 N–H and O–H groups in total. The molecule has 0 unspecified atom stereocenters. The second-order valence-electron chi connectivity index (χ2n) is 25.4. The molecule has 2 saturated heterocycles. The molecular weight excluding hydrogens is 1060 g/mol. The van der Waals surface area contributed by atoms with E-state index < -0.39 is 22.0 Å². The van der Waals surface area contributed by atoms with Gasteiger partial charge in [-0.15, -0.1) is 23.5 Å². The smallest absolute Gasteiger partial charge is 0.410 e. The molecule has 3 aromatic rings. The van der Waals surface area contributed by atoms with Gasteiger partial charge in [0.1, 0.15) is 17.8 Å². The Morgan fingerprint density at radius 3 is 1.65 bits per heavy atom. The van der Waals surface area contributed by atoms with Gasteiger partial charge in [-0.25, -0.2) is 14.4 Å². The minimum Gasteiger partial charge on any atom is -0.445 e. The summed E-state index contributed by atoms with van der Waals surface area (Å²) in [7, 11) is 0. The van der Waals surface area contributed by atoms with Gasteiger partial charge in [0.05, 0.1) is 27.3 Å². The average molecular weight is 1150 g/mol. The lowest BCUT2D eigenvalue weighted by Gasteiger charge is -2.47. The van der Waals surface area contributed by atoms with Crippen LogP contribution in [0, 0.1) is 13.8 Å². The van der Waals surface area contributed by atoms with Crippen LogP contribution in [0.5, 0.6) is 0 Å². The van der Waals surface area contributed by atoms with E-state index in [1.54, 1.807) is 38.2 Å². The Bertz CT molecular complexity index is 2850. The molecule has 16 nitrogen and oxygen atoms in total. The van der Waals surface area contributed by atoms with Gasteiger partial charge in [-0.05, 0) is 194 Å². The van der Waals surface area contributed by atoms with Crippen LogP contribution < -0.4 is 10.2 Å². The molecule has 3 aromatic carbocycles. The Hall–Kier alpha value is -5.75. The Morgan fingerprint density at radius 1 is 0.679 bits per heavy atom. The molecule has 18 heteroatoms. The molecule has 2 atom stereocenters. The summed E-state index contributed by atoms with van der Waals surface area (Å²) < 4.78 is 15.9. The molecule has 0 radical (unpaired) electrons. The number of fused-ring (bicyclic) bond motifs is 2. The summed E-state index contributed by atoms with van der Waals surface area (Å²) in [6.45, 7) is 25.8. The molecule has 0 bridgehead atoms. The van der Waals surface area contributed by atoms with Gasteiger partial charge in [-0.2, -0.15) is 0 Å². The Kier molecular flexibility index (Phi) is 18.9. The van der Waals surface area contributed by atoms with E-state index in [1.165, 1.54) is 0 Å². The number of benzene rings is 3. The van der Waals surface area contributed by atoms with E-state index in [0.717, 1.165) is 96.3 Å². The van der Waals surface area contributed by atoms with Crippen molar-refractivity contribution in [2.75, 3.05) is 44.2 Å². The molecule has 2 aliphatic carbocycles. The number of hydrogen-bond donors (Lipinski definition) is 1. The maximum atomic E-state index is 14.4. The molecular formula is C63H86N6O10S2. The third-order valence-corrected chi connectivity index (χ3v) is 19.3. The fourth-order valence-corrected chi connectivity index (χ4v) is 15.0. The number of carbonyl (C=O) groups is 7. The highest BCUT2D eigenvalue weighted by atomic mass is 32.2. The van der Waals surface area contributed by atoms with Gasteiger partial charge in [0, 0.05) is 78.7 Å². The molecule has 440 valence electrons. The van der Waals surface area contributed by atoms with E-state index in [4.69, 9.17) is 14.2 Å². The van der Waals surface area contributed by atoms with Gasteiger partial charge in [-0.3, -0.25) is 19.2 Å². The van der Waals surface area contributed by atoms with Gasteiger partial charge < -0.3 is 44.0 Å². The van der Waals surface area contributed by atoms with Crippen LogP contribution in [0.3, 0.4) is 0 Å². The number of rotatable bonds is 11. The zero-order chi connectivity index (χ0) is 58.8. The van der Waals surface area contributed by atoms with Crippen molar-refractivity contribution in [3.05, 3.63) is 88.0 Å². The van der Waals surface area contributed by atoms with Crippen LogP contribution in [0.2, 0.25) is 0 Å². The lowest BCUT2D eigenvalue weighted by molar-refractivity contribution is -0.123. The normalized spacial score (nSPS) is 20.0. The maximum absolute atomic E-state index is 14.4. The van der Waals surface area contributed by atoms with Crippen molar-refractivity contribution < 1.29 is 47.8 Å². The predicted octanol–water partition coefficient (Wildman–Crippen LogP) is 11.9. The number of aryl methyl sites for hydroxylation is 2. The molecule has 2 saturated carbocycles. The summed E-state index contributed by atoms with van der Waals surface area (Å²) in [6.07, 6.45) is 8.06. The highest BCUT2D eigenvalue weighted by Crippen LogP contribution is 2.56. The summed E-state index contributed by atoms with van der Waals surface area (Å²) in [5.41, 5.74) is 4.40. The third-order valence-electron chi connectivity index (χ3n) is 16.2. The van der Waals surface area contributed by atoms with Crippen molar-refractivity contribution in [2.45, 2.75) is 215 Å². The minimum absolute atomic E-state index is 0.0132. The van der Waals surface area contributed by atoms with Crippen LogP contribution in [-0.2, 0) is 36.8 Å². The van der Waals surface area contributed by atoms with Crippen LogP contribution in [0.25, 0.3) is 0 Å². The number of alkyl carbamates (subject to hydrolysis) is 1. The number of anilines is 1. The van der Waals surface area contributed by atoms with E-state index >= 15 is 0 Å². The van der Waals surface area contributed by atoms with E-state index in [-0.39, 0.29) is 78.5 Å². The lowest BCUT2D eigenvalue weighted by atomic mass is 9.78. The van der Waals surface area contributed by atoms with Crippen LogP contribution in [0.4, 0.5) is 20.1 Å². The number of hydrogen-bond acceptors (Lipinski definition) is 12. The molecule has 4 aliphatic heterocycles. The number of nitrogens with one attached hydrogen (secondary N) is 1. The number of likely N-dealkylation sites (tertiary alicyclic amines) is 2. The number of Topliss-reactive ketones (excluding diaryl/α,β-unsaturated/α-hetero) is 1. The highest BCUT2D eigenvalue weighted by molar-refractivity contribution is 8.02. The van der Waals surface area contributed by atoms with Crippen molar-refractivity contribution in [2.24, 2.45) is 0 Å². The van der Waals surface area contributed by atoms with Gasteiger partial charge in [0.15, 0.2) is 5.78 Å². The topological polar surface area (TPSA) is 175 Å². The number of carbonyl (C=O) groups excluding carboxylic acids is 7. The van der Waals surface area contributed by atoms with Crippen molar-refractivity contribution in [3.63, 3.8) is 0 Å². The Morgan fingerprint density at radius 2 is 1.17 bits per heavy atom. The lowest BCUT2D eigenvalue weighted by Crippen LogP contribution is -2.55. The number of ketones is 1. The molecule has 9 rings (SSSR count). The SMILES string of the molecule is Cc1cc2c(cc1C(=O)N(C(C)C)[C@@H]1CCCN(C(=O)OC(C)(C)C)C1)CC(=O)C1(CCC1)S2.Cc1cc2c(cc1C(=O)N(C(C)C)[C@@H]1CCCN(C(=O)OC(C)(C)C)C1)N(CCNC(=O)OCc1ccccc1)C(=O)C1(CCC1)S2. The van der Waals surface area contributed by atoms with Crippen LogP contribution >= 0.6 is 23.5 Å². The second kappa shape index (κ2) is 25.0. The highest BCUT2D eigenvalue weighted by Gasteiger charge is 2.52. The fourth-order valence-electron chi connectivity index (χ4n) is 11.8. The van der Waals surface area contributed by atoms with E-state index in [9.17, 15) is 33.6 Å². The summed E-state index contributed by atoms with van der Waals surface area (Å²) >= 11 is 3.31. The van der Waals surface area contributed by atoms with Crippen LogP contribution in [0.1, 0.15) is 176 Å². The number of nitrogens with zero attached hydrogens (tertiary/aromatic N) is 5. The Labute approximate surface area is 488 Å². The molecule has 4 heterocycles. The van der Waals surface area contributed by atoms with Gasteiger partial charge >= 0.3 is 18.3 Å². The number of piperidine rings is 2. The zero-order valence-electron chi connectivity index (χ0n) is 49.9. The molecule has 0 aromatic heterocycles. The average Bonchev–Trinajstić information content (AvgIpc) is 3.55. The first-order chi connectivity index (χ1) is 38.2. The monoisotopic (exact) mass is 1150 g/mol. The molecule has 2 spiro atoms. The molecule has 81 heavy (non-hydrogen) atoms. The molecule has 6 aliphatic rings. The number of ether oxygens (including phenoxy) is 3. The van der Waals surface area contributed by atoms with Crippen molar-refractivity contribution >= 4 is 71.0 Å². The summed E-state index contributed by atoms with van der Waals surface area (Å²) in [5.74, 6) is 0.177. The van der Waals surface area contributed by atoms with E-state index in [2.05, 4.69) is 11.4 Å². The van der Waals surface area contributed by atoms with Crippen LogP contribution in [-0.4, -0.2) is 146 Å². The van der Waals surface area contributed by atoms with E-state index in [1.807, 2.05) is 141 Å². The standard InChI is InChI=1S/C36H48N4O6S.C27H38N2O4S/c1-24(2)40(27-14-10-18-38(22-27)34(44)46-35(4,5)6)31(41)28-21-29-30(20-25(28)3)47-36(15-11-16-36)32(42)39(29)19-17-37-33(43)45-23-26-12-8-7-9-13-26;1-17(2)29(20-9-7-12-28(16-20)25(32)33-26(4,5)6)24(31)21-14-19-15-23(30)27(10-8-11-27)34-22(19)13-18(21)3/h7-9,12-13,20-21,24,27H,10-11,14-19,22-23H2,1-6H3,(H,37,43);13-14,17,20H,7-12,15-16H2,1-6H3/t27-;20-/m11/s1. The summed E-state index contributed by atoms with van der Waals surface area (Å²) in [5, 5.41) is 2.79.